The lowest BCUT2D eigenvalue weighted by Crippen LogP contribution is -2.68. The molecule has 0 spiro atoms. The van der Waals surface area contributed by atoms with Gasteiger partial charge in [0.2, 0.25) is 13.4 Å². The second-order valence-corrected chi connectivity index (χ2v) is 38.2. The smallest absolute Gasteiger partial charge is 0.252 e. The summed E-state index contributed by atoms with van der Waals surface area (Å²) in [6.07, 6.45) is 0. The molecule has 19 aromatic rings. The van der Waals surface area contributed by atoms with Gasteiger partial charge in [-0.2, -0.15) is 0 Å². The van der Waals surface area contributed by atoms with Gasteiger partial charge in [-0.25, -0.2) is 0 Å². The highest BCUT2D eigenvalue weighted by Gasteiger charge is 2.53. The Morgan fingerprint density at radius 2 is 0.453 bits per heavy atom. The predicted octanol–water partition coefficient (Wildman–Crippen LogP) is 21.4. The zero-order valence-corrected chi connectivity index (χ0v) is 75.3. The topological polar surface area (TPSA) is 26.7 Å². The van der Waals surface area contributed by atoms with Crippen molar-refractivity contribution >= 4 is 226 Å². The number of anilines is 12. The van der Waals surface area contributed by atoms with Gasteiger partial charge in [0.1, 0.15) is 0 Å². The zero-order valence-electron chi connectivity index (χ0n) is 75.3. The van der Waals surface area contributed by atoms with Crippen LogP contribution in [0.4, 0.5) is 68.2 Å². The van der Waals surface area contributed by atoms with Crippen LogP contribution >= 0.6 is 0 Å². The van der Waals surface area contributed by atoms with E-state index in [1.807, 2.05) is 0 Å². The number of hydrogen-bond donors (Lipinski definition) is 0. The molecule has 0 aliphatic carbocycles. The maximum Gasteiger partial charge on any atom is 0.252 e. The molecule has 0 unspecified atom stereocenters. The first kappa shape index (κ1) is 76.1. The zero-order chi connectivity index (χ0) is 86.7. The Labute approximate surface area is 750 Å². The number of para-hydroxylation sites is 5. The van der Waals surface area contributed by atoms with Gasteiger partial charge >= 0.3 is 0 Å². The number of rotatable bonds is 4. The van der Waals surface area contributed by atoms with Gasteiger partial charge in [0.15, 0.2) is 0 Å². The molecule has 0 saturated heterocycles. The second kappa shape index (κ2) is 27.8. The Morgan fingerprint density at radius 1 is 0.180 bits per heavy atom. The summed E-state index contributed by atoms with van der Waals surface area (Å²) in [6, 6.07) is 116. The molecule has 0 fully saturated rings. The molecule has 10 heterocycles. The van der Waals surface area contributed by atoms with Crippen molar-refractivity contribution in [3.8, 4) is 5.69 Å². The van der Waals surface area contributed by atoms with Crippen LogP contribution in [-0.2, 0) is 0 Å². The van der Waals surface area contributed by atoms with Gasteiger partial charge in [0.05, 0.1) is 49.8 Å². The number of benzene rings is 17. The van der Waals surface area contributed by atoms with Crippen molar-refractivity contribution in [2.24, 2.45) is 0 Å². The fraction of sp³-hybridized carbons (Fsp3) is 0.128. The quantitative estimate of drug-likeness (QED) is 0.0997. The Morgan fingerprint density at radius 3 is 0.812 bits per heavy atom. The third kappa shape index (κ3) is 10.8. The molecular formula is C117H95B4N7. The first-order chi connectivity index (χ1) is 62.2. The van der Waals surface area contributed by atoms with E-state index in [0.29, 0.717) is 0 Å². The van der Waals surface area contributed by atoms with Gasteiger partial charge in [0, 0.05) is 89.8 Å². The summed E-state index contributed by atoms with van der Waals surface area (Å²) in [5, 5.41) is 5.21. The molecule has 17 aromatic carbocycles. The molecule has 610 valence electrons. The lowest BCUT2D eigenvalue weighted by molar-refractivity contribution is 1.10. The minimum absolute atomic E-state index is 0.0902. The summed E-state index contributed by atoms with van der Waals surface area (Å²) in [4.78, 5) is 10.3. The van der Waals surface area contributed by atoms with Crippen molar-refractivity contribution < 1.29 is 0 Å². The molecule has 128 heavy (non-hydrogen) atoms. The van der Waals surface area contributed by atoms with Crippen LogP contribution in [0.3, 0.4) is 0 Å². The van der Waals surface area contributed by atoms with Crippen LogP contribution < -0.4 is 85.2 Å². The highest BCUT2D eigenvalue weighted by Crippen LogP contribution is 2.52. The van der Waals surface area contributed by atoms with Gasteiger partial charge in [-0.1, -0.05) is 295 Å². The summed E-state index contributed by atoms with van der Waals surface area (Å²) >= 11 is 0. The van der Waals surface area contributed by atoms with Crippen LogP contribution in [0.1, 0.15) is 83.5 Å². The largest absolute Gasteiger partial charge is 0.313 e. The van der Waals surface area contributed by atoms with Crippen LogP contribution in [0.15, 0.2) is 303 Å². The Kier molecular flexibility index (Phi) is 16.5. The third-order valence-electron chi connectivity index (χ3n) is 29.4. The summed E-state index contributed by atoms with van der Waals surface area (Å²) in [6.45, 7) is 34.3. The maximum absolute atomic E-state index is 2.64. The number of hydrogen-bond acceptors (Lipinski definition) is 4. The SMILES string of the molecule is Cc1cc(C)c(B2c3cc(C)ccc3N3c4ccc(C)cc4B(c4c(C)cc(C)cc4C)c4cc(C)cc2c43)c(C)c1.Cc1ccc(N2c3ccc(C)cc3B3c4cc(C)ccc4N4c5ccc(C)cc5B5c6cc(C)ccc6N(c6ccc(C)cc6)c6cc2c3c4c65)cc1.c1ccc2c(c1)c1cccc3c1n2c1cccc2c1-n3c1cccc3c4ccccc4n2c31. The Bertz CT molecular complexity index is 7840. The fourth-order valence-corrected chi connectivity index (χ4v) is 24.5. The van der Waals surface area contributed by atoms with E-state index in [-0.39, 0.29) is 26.9 Å². The number of fused-ring (bicyclic) bond motifs is 24. The van der Waals surface area contributed by atoms with Gasteiger partial charge < -0.3 is 33.0 Å². The van der Waals surface area contributed by atoms with E-state index in [2.05, 4.69) is 440 Å². The van der Waals surface area contributed by atoms with Gasteiger partial charge in [-0.3, -0.25) is 0 Å². The standard InChI is InChI=1S/C48H39B2N3.C39H39B2N.C30H17N3/c1-28-7-15-34(16-8-28)51-40-19-11-30(3)23-36(40)49-38-25-32(5)13-21-42(38)53-43-22-14-33(6)26-39(43)50-37-24-31(4)12-20-41(37)52(35-17-9-29(2)10-18-35)45-27-44(51)46(49)48(53)47(45)50;1-22-10-12-35-31(18-22)40(37-27(6)14-24(3)15-28(37)7)33-20-26(5)21-34-39(33)42(35)36-13-11-23(2)19-32(36)41(34)38-29(8)16-25(4)17-30(38)9;1-3-12-22-18(8-1)20-10-5-14-24-28(20)31(22)26-16-7-17-27-30(26)33(24)25-15-6-11-21-19-9-2-4-13-23(19)32(27)29(21)25/h7-27H,1-6H3;10-21H,1-9H3;1-17H. The van der Waals surface area contributed by atoms with Crippen molar-refractivity contribution in [2.45, 2.75) is 104 Å². The summed E-state index contributed by atoms with van der Waals surface area (Å²) < 4.78 is 7.42. The van der Waals surface area contributed by atoms with Crippen LogP contribution in [0.5, 0.6) is 0 Å². The van der Waals surface area contributed by atoms with Crippen LogP contribution in [-0.4, -0.2) is 40.2 Å². The van der Waals surface area contributed by atoms with Crippen LogP contribution in [0.25, 0.3) is 71.4 Å². The molecule has 0 saturated carbocycles. The third-order valence-corrected chi connectivity index (χ3v) is 29.4. The Balaban J connectivity index is 0.000000107. The summed E-state index contributed by atoms with van der Waals surface area (Å²) in [7, 11) is 0. The van der Waals surface area contributed by atoms with Crippen LogP contribution in [0, 0.1) is 104 Å². The molecular weight excluding hydrogens is 1550 g/mol. The van der Waals surface area contributed by atoms with Crippen molar-refractivity contribution in [2.75, 3.05) is 19.6 Å². The molecule has 8 aliphatic heterocycles. The molecule has 8 aliphatic rings. The summed E-state index contributed by atoms with van der Waals surface area (Å²) in [5.41, 5.74) is 63.2. The highest BCUT2D eigenvalue weighted by molar-refractivity contribution is 7.05. The first-order valence-electron chi connectivity index (χ1n) is 45.7. The average Bonchev–Trinajstić information content (AvgIpc) is 1.09. The average molecular weight is 1640 g/mol. The minimum Gasteiger partial charge on any atom is -0.313 e. The fourth-order valence-electron chi connectivity index (χ4n) is 24.5. The number of nitrogens with zero attached hydrogens (tertiary/aromatic N) is 7. The van der Waals surface area contributed by atoms with E-state index in [0.717, 1.165) is 0 Å². The molecule has 7 nitrogen and oxygen atoms in total. The van der Waals surface area contributed by atoms with Gasteiger partial charge in [-0.15, -0.1) is 0 Å². The highest BCUT2D eigenvalue weighted by atomic mass is 15.2. The molecule has 11 heteroatoms. The lowest BCUT2D eigenvalue weighted by atomic mass is 9.28. The lowest BCUT2D eigenvalue weighted by Gasteiger charge is -2.51. The molecule has 0 bridgehead atoms. The molecule has 0 N–H and O–H groups in total. The maximum atomic E-state index is 2.64. The van der Waals surface area contributed by atoms with E-state index < -0.39 is 0 Å². The molecule has 0 amide bonds. The Hall–Kier alpha value is -14.4. The normalized spacial score (nSPS) is 13.5. The van der Waals surface area contributed by atoms with E-state index >= 15 is 0 Å². The first-order valence-corrected chi connectivity index (χ1v) is 45.7. The van der Waals surface area contributed by atoms with Crippen LogP contribution in [0.2, 0.25) is 0 Å². The molecule has 2 aromatic heterocycles. The number of aromatic nitrogens is 3. The van der Waals surface area contributed by atoms with E-state index in [1.165, 1.54) is 289 Å². The summed E-state index contributed by atoms with van der Waals surface area (Å²) in [5.74, 6) is 0. The van der Waals surface area contributed by atoms with E-state index in [1.54, 1.807) is 0 Å². The molecule has 27 rings (SSSR count). The van der Waals surface area contributed by atoms with Crippen molar-refractivity contribution in [3.05, 3.63) is 387 Å². The minimum atomic E-state index is 0.0902. The van der Waals surface area contributed by atoms with Gasteiger partial charge in [0.25, 0.3) is 13.4 Å². The van der Waals surface area contributed by atoms with E-state index in [4.69, 9.17) is 0 Å². The number of aryl methyl sites for hydroxylation is 15. The van der Waals surface area contributed by atoms with Crippen molar-refractivity contribution in [1.82, 2.24) is 13.4 Å². The van der Waals surface area contributed by atoms with Gasteiger partial charge in [-0.05, 0) is 262 Å². The van der Waals surface area contributed by atoms with Crippen molar-refractivity contribution in [1.29, 1.82) is 0 Å². The monoisotopic (exact) mass is 1640 g/mol. The predicted molar refractivity (Wildman–Crippen MR) is 552 cm³/mol. The molecule has 0 radical (unpaired) electrons. The second-order valence-electron chi connectivity index (χ2n) is 38.2. The molecule has 0 atom stereocenters. The van der Waals surface area contributed by atoms with E-state index in [9.17, 15) is 0 Å². The van der Waals surface area contributed by atoms with Crippen molar-refractivity contribution in [3.63, 3.8) is 0 Å².